The van der Waals surface area contributed by atoms with Crippen molar-refractivity contribution in [3.8, 4) is 0 Å². The van der Waals surface area contributed by atoms with Crippen LogP contribution in [0.15, 0.2) is 18.2 Å². The number of benzene rings is 1. The second-order valence-electron chi connectivity index (χ2n) is 5.44. The van der Waals surface area contributed by atoms with Crippen LogP contribution in [-0.2, 0) is 0 Å². The molecule has 114 valence electrons. The van der Waals surface area contributed by atoms with Crippen molar-refractivity contribution in [3.05, 3.63) is 32.4 Å². The van der Waals surface area contributed by atoms with Gasteiger partial charge in [-0.15, -0.1) is 0 Å². The molecule has 1 nitrogen and oxygen atoms in total. The van der Waals surface area contributed by atoms with E-state index in [0.29, 0.717) is 6.04 Å². The summed E-state index contributed by atoms with van der Waals surface area (Å²) in [5.41, 5.74) is 1.33. The molecule has 0 amide bonds. The highest BCUT2D eigenvalue weighted by Gasteiger charge is 2.17. The maximum absolute atomic E-state index is 6.28. The van der Waals surface area contributed by atoms with Gasteiger partial charge in [-0.1, -0.05) is 64.1 Å². The predicted octanol–water partition coefficient (Wildman–Crippen LogP) is 6.20. The monoisotopic (exact) mass is 407 g/mol. The normalized spacial score (nSPS) is 14.2. The highest BCUT2D eigenvalue weighted by molar-refractivity contribution is 14.1. The third-order valence-corrected chi connectivity index (χ3v) is 5.48. The summed E-state index contributed by atoms with van der Waals surface area (Å²) in [5, 5.41) is 4.49. The van der Waals surface area contributed by atoms with Crippen LogP contribution in [0.3, 0.4) is 0 Å². The molecule has 0 radical (unpaired) electrons. The summed E-state index contributed by atoms with van der Waals surface area (Å²) < 4.78 is 1.13. The van der Waals surface area contributed by atoms with E-state index in [1.54, 1.807) is 0 Å². The molecule has 0 aromatic heterocycles. The van der Waals surface area contributed by atoms with Gasteiger partial charge in [0.15, 0.2) is 0 Å². The molecule has 0 heterocycles. The van der Waals surface area contributed by atoms with Crippen molar-refractivity contribution in [1.82, 2.24) is 5.32 Å². The first-order chi connectivity index (χ1) is 9.62. The number of halogens is 2. The third kappa shape index (κ3) is 5.90. The maximum atomic E-state index is 6.28. The molecule has 1 aromatic carbocycles. The van der Waals surface area contributed by atoms with Crippen molar-refractivity contribution in [2.24, 2.45) is 5.92 Å². The summed E-state index contributed by atoms with van der Waals surface area (Å²) in [7, 11) is 0. The molecule has 1 N–H and O–H groups in total. The summed E-state index contributed by atoms with van der Waals surface area (Å²) in [6, 6.07) is 6.89. The molecule has 1 rings (SSSR count). The molecular weight excluding hydrogens is 381 g/mol. The summed E-state index contributed by atoms with van der Waals surface area (Å²) >= 11 is 8.56. The van der Waals surface area contributed by atoms with Crippen molar-refractivity contribution >= 4 is 34.2 Å². The fourth-order valence-electron chi connectivity index (χ4n) is 2.63. The number of hydrogen-bond donors (Lipinski definition) is 1. The first-order valence-electron chi connectivity index (χ1n) is 7.80. The van der Waals surface area contributed by atoms with Crippen molar-refractivity contribution in [1.29, 1.82) is 0 Å². The summed E-state index contributed by atoms with van der Waals surface area (Å²) in [6.45, 7) is 7.75. The van der Waals surface area contributed by atoms with Gasteiger partial charge >= 0.3 is 0 Å². The van der Waals surface area contributed by atoms with Gasteiger partial charge in [-0.2, -0.15) is 0 Å². The Labute approximate surface area is 143 Å². The Kier molecular flexibility index (Phi) is 9.14. The van der Waals surface area contributed by atoms with Crippen molar-refractivity contribution in [3.63, 3.8) is 0 Å². The smallest absolute Gasteiger partial charge is 0.0542 e. The topological polar surface area (TPSA) is 12.0 Å². The molecule has 0 saturated carbocycles. The van der Waals surface area contributed by atoms with Crippen molar-refractivity contribution in [2.75, 3.05) is 6.54 Å². The lowest BCUT2D eigenvalue weighted by atomic mass is 9.89. The molecule has 0 fully saturated rings. The summed E-state index contributed by atoms with van der Waals surface area (Å²) in [6.07, 6.45) is 6.44. The van der Waals surface area contributed by atoms with Gasteiger partial charge in [0.25, 0.3) is 0 Å². The molecule has 2 unspecified atom stereocenters. The Morgan fingerprint density at radius 3 is 2.55 bits per heavy atom. The molecule has 0 aliphatic heterocycles. The second-order valence-corrected chi connectivity index (χ2v) is 7.01. The van der Waals surface area contributed by atoms with E-state index in [2.05, 4.69) is 66.9 Å². The predicted molar refractivity (Wildman–Crippen MR) is 98.5 cm³/mol. The number of hydrogen-bond acceptors (Lipinski definition) is 1. The van der Waals surface area contributed by atoms with Crippen LogP contribution in [0.4, 0.5) is 0 Å². The fourth-order valence-corrected chi connectivity index (χ4v) is 3.15. The van der Waals surface area contributed by atoms with Gasteiger partial charge in [0.1, 0.15) is 0 Å². The van der Waals surface area contributed by atoms with Crippen LogP contribution in [0.2, 0.25) is 5.02 Å². The molecule has 0 bridgehead atoms. The number of rotatable bonds is 9. The van der Waals surface area contributed by atoms with E-state index in [-0.39, 0.29) is 0 Å². The highest BCUT2D eigenvalue weighted by atomic mass is 127. The second kappa shape index (κ2) is 10.0. The maximum Gasteiger partial charge on any atom is 0.0542 e. The zero-order chi connectivity index (χ0) is 15.0. The average molecular weight is 408 g/mol. The van der Waals surface area contributed by atoms with Gasteiger partial charge in [0.2, 0.25) is 0 Å². The zero-order valence-corrected chi connectivity index (χ0v) is 15.8. The van der Waals surface area contributed by atoms with Crippen molar-refractivity contribution < 1.29 is 0 Å². The van der Waals surface area contributed by atoms with E-state index in [0.717, 1.165) is 21.1 Å². The van der Waals surface area contributed by atoms with Gasteiger partial charge in [-0.25, -0.2) is 0 Å². The molecule has 0 aliphatic carbocycles. The van der Waals surface area contributed by atoms with Crippen LogP contribution < -0.4 is 5.32 Å². The minimum absolute atomic E-state index is 0.427. The van der Waals surface area contributed by atoms with Crippen LogP contribution in [-0.4, -0.2) is 6.54 Å². The standard InChI is InChI=1S/C17H27ClIN/c1-4-7-8-13(5-2)11-17(20-6-3)14-9-10-16(19)15(18)12-14/h9-10,12-13,17,20H,4-8,11H2,1-3H3. The van der Waals surface area contributed by atoms with E-state index in [1.165, 1.54) is 37.7 Å². The van der Waals surface area contributed by atoms with E-state index < -0.39 is 0 Å². The zero-order valence-electron chi connectivity index (χ0n) is 12.9. The van der Waals surface area contributed by atoms with E-state index in [4.69, 9.17) is 11.6 Å². The van der Waals surface area contributed by atoms with Gasteiger partial charge < -0.3 is 5.32 Å². The molecule has 0 aliphatic rings. The first kappa shape index (κ1) is 18.2. The van der Waals surface area contributed by atoms with Gasteiger partial charge in [0, 0.05) is 9.61 Å². The Morgan fingerprint density at radius 1 is 1.25 bits per heavy atom. The van der Waals surface area contributed by atoms with E-state index >= 15 is 0 Å². The Balaban J connectivity index is 2.78. The van der Waals surface area contributed by atoms with E-state index in [9.17, 15) is 0 Å². The summed E-state index contributed by atoms with van der Waals surface area (Å²) in [5.74, 6) is 0.803. The minimum Gasteiger partial charge on any atom is -0.310 e. The van der Waals surface area contributed by atoms with Crippen LogP contribution in [0.5, 0.6) is 0 Å². The molecule has 1 aromatic rings. The van der Waals surface area contributed by atoms with Gasteiger partial charge in [0.05, 0.1) is 5.02 Å². The van der Waals surface area contributed by atoms with E-state index in [1.807, 2.05) is 0 Å². The lowest BCUT2D eigenvalue weighted by molar-refractivity contribution is 0.357. The van der Waals surface area contributed by atoms with Crippen LogP contribution in [0.25, 0.3) is 0 Å². The third-order valence-electron chi connectivity index (χ3n) is 3.91. The molecule has 0 spiro atoms. The SMILES string of the molecule is CCCCC(CC)CC(NCC)c1ccc(I)c(Cl)c1. The number of nitrogens with one attached hydrogen (secondary N) is 1. The van der Waals surface area contributed by atoms with Crippen molar-refractivity contribution in [2.45, 2.75) is 58.9 Å². The molecular formula is C17H27ClIN. The quantitative estimate of drug-likeness (QED) is 0.480. The molecule has 20 heavy (non-hydrogen) atoms. The minimum atomic E-state index is 0.427. The molecule has 0 saturated heterocycles. The fraction of sp³-hybridized carbons (Fsp3) is 0.647. The van der Waals surface area contributed by atoms with Crippen LogP contribution in [0, 0.1) is 9.49 Å². The van der Waals surface area contributed by atoms with Gasteiger partial charge in [-0.3, -0.25) is 0 Å². The Hall–Kier alpha value is 0.200. The van der Waals surface area contributed by atoms with Crippen LogP contribution >= 0.6 is 34.2 Å². The van der Waals surface area contributed by atoms with Gasteiger partial charge in [-0.05, 0) is 59.2 Å². The Morgan fingerprint density at radius 2 is 2.00 bits per heavy atom. The lowest BCUT2D eigenvalue weighted by Crippen LogP contribution is -2.23. The highest BCUT2D eigenvalue weighted by Crippen LogP contribution is 2.29. The van der Waals surface area contributed by atoms with Crippen LogP contribution in [0.1, 0.15) is 64.5 Å². The molecule has 3 heteroatoms. The Bertz CT molecular complexity index is 395. The average Bonchev–Trinajstić information content (AvgIpc) is 2.45. The summed E-state index contributed by atoms with van der Waals surface area (Å²) in [4.78, 5) is 0. The lowest BCUT2D eigenvalue weighted by Gasteiger charge is -2.24. The first-order valence-corrected chi connectivity index (χ1v) is 9.26. The largest absolute Gasteiger partial charge is 0.310 e. The molecule has 2 atom stereocenters. The number of unbranched alkanes of at least 4 members (excludes halogenated alkanes) is 1.